The third-order valence-corrected chi connectivity index (χ3v) is 5.27. The van der Waals surface area contributed by atoms with Crippen LogP contribution in [-0.4, -0.2) is 62.5 Å². The molecule has 0 N–H and O–H groups in total. The Morgan fingerprint density at radius 1 is 1.00 bits per heavy atom. The second-order valence-corrected chi connectivity index (χ2v) is 8.47. The minimum Gasteiger partial charge on any atom is -0.339 e. The van der Waals surface area contributed by atoms with Crippen molar-refractivity contribution in [3.05, 3.63) is 29.8 Å². The third-order valence-electron chi connectivity index (χ3n) is 4.14. The maximum Gasteiger partial charge on any atom is 0.227 e. The molecule has 6 nitrogen and oxygen atoms in total. The molecule has 1 saturated heterocycles. The van der Waals surface area contributed by atoms with E-state index in [4.69, 9.17) is 0 Å². The van der Waals surface area contributed by atoms with Gasteiger partial charge in [-0.15, -0.1) is 0 Å². The number of benzene rings is 1. The molecular formula is C17H24N2O4S. The molecule has 0 unspecified atom stereocenters. The lowest BCUT2D eigenvalue weighted by atomic mass is 10.1. The maximum atomic E-state index is 12.4. The number of piperazine rings is 1. The molecule has 2 rings (SSSR count). The van der Waals surface area contributed by atoms with Gasteiger partial charge in [0.05, 0.1) is 11.3 Å². The molecule has 1 aromatic carbocycles. The summed E-state index contributed by atoms with van der Waals surface area (Å²) in [6, 6.07) is 6.40. The average molecular weight is 352 g/mol. The Morgan fingerprint density at radius 2 is 1.50 bits per heavy atom. The van der Waals surface area contributed by atoms with E-state index in [9.17, 15) is 18.0 Å². The summed E-state index contributed by atoms with van der Waals surface area (Å²) in [6.07, 6.45) is 1.40. The Balaban J connectivity index is 1.91. The molecule has 2 amide bonds. The number of sulfone groups is 1. The Labute approximate surface area is 143 Å². The lowest BCUT2D eigenvalue weighted by Crippen LogP contribution is -2.51. The number of hydrogen-bond donors (Lipinski definition) is 0. The van der Waals surface area contributed by atoms with Gasteiger partial charge in [0, 0.05) is 38.4 Å². The van der Waals surface area contributed by atoms with E-state index in [2.05, 4.69) is 0 Å². The van der Waals surface area contributed by atoms with Crippen molar-refractivity contribution in [1.82, 2.24) is 9.80 Å². The van der Waals surface area contributed by atoms with Crippen molar-refractivity contribution in [3.63, 3.8) is 0 Å². The van der Waals surface area contributed by atoms with E-state index in [-0.39, 0.29) is 29.0 Å². The van der Waals surface area contributed by atoms with Crippen LogP contribution in [0.2, 0.25) is 0 Å². The molecule has 0 atom stereocenters. The number of carbonyl (C=O) groups is 2. The van der Waals surface area contributed by atoms with E-state index >= 15 is 0 Å². The standard InChI is InChI=1S/C17H24N2O4S/c1-13(2)17(21)19-10-8-18(9-11-19)16(20)12-14-4-6-15(7-5-14)24(3,22)23/h4-7,13H,8-12H2,1-3H3. The van der Waals surface area contributed by atoms with Crippen molar-refractivity contribution in [1.29, 1.82) is 0 Å². The van der Waals surface area contributed by atoms with Gasteiger partial charge in [0.25, 0.3) is 0 Å². The fraction of sp³-hybridized carbons (Fsp3) is 0.529. The average Bonchev–Trinajstić information content (AvgIpc) is 2.54. The summed E-state index contributed by atoms with van der Waals surface area (Å²) in [5, 5.41) is 0. The van der Waals surface area contributed by atoms with Gasteiger partial charge in [0.15, 0.2) is 9.84 Å². The first-order chi connectivity index (χ1) is 11.2. The van der Waals surface area contributed by atoms with E-state index in [1.807, 2.05) is 13.8 Å². The molecule has 1 fully saturated rings. The quantitative estimate of drug-likeness (QED) is 0.809. The first-order valence-corrected chi connectivity index (χ1v) is 9.93. The van der Waals surface area contributed by atoms with E-state index in [0.29, 0.717) is 26.2 Å². The minimum absolute atomic E-state index is 0.00116. The number of amides is 2. The zero-order valence-electron chi connectivity index (χ0n) is 14.4. The summed E-state index contributed by atoms with van der Waals surface area (Å²) in [4.78, 5) is 28.1. The third kappa shape index (κ3) is 4.56. The molecule has 7 heteroatoms. The van der Waals surface area contributed by atoms with Crippen LogP contribution >= 0.6 is 0 Å². The van der Waals surface area contributed by atoms with Crippen molar-refractivity contribution >= 4 is 21.7 Å². The first kappa shape index (κ1) is 18.4. The molecule has 1 aromatic rings. The molecule has 1 aliphatic rings. The molecule has 0 saturated carbocycles. The largest absolute Gasteiger partial charge is 0.339 e. The van der Waals surface area contributed by atoms with Gasteiger partial charge in [-0.1, -0.05) is 26.0 Å². The van der Waals surface area contributed by atoms with E-state index < -0.39 is 9.84 Å². The van der Waals surface area contributed by atoms with E-state index in [1.54, 1.807) is 21.9 Å². The SMILES string of the molecule is CC(C)C(=O)N1CCN(C(=O)Cc2ccc(S(C)(=O)=O)cc2)CC1. The molecule has 132 valence electrons. The topological polar surface area (TPSA) is 74.8 Å². The lowest BCUT2D eigenvalue weighted by Gasteiger charge is -2.35. The zero-order valence-corrected chi connectivity index (χ0v) is 15.2. The molecule has 1 aliphatic heterocycles. The van der Waals surface area contributed by atoms with Gasteiger partial charge < -0.3 is 9.80 Å². The highest BCUT2D eigenvalue weighted by Crippen LogP contribution is 2.13. The van der Waals surface area contributed by atoms with E-state index in [0.717, 1.165) is 11.8 Å². The molecule has 0 aliphatic carbocycles. The molecule has 0 radical (unpaired) electrons. The number of nitrogens with zero attached hydrogens (tertiary/aromatic N) is 2. The predicted octanol–water partition coefficient (Wildman–Crippen LogP) is 0.959. The zero-order chi connectivity index (χ0) is 17.9. The number of carbonyl (C=O) groups excluding carboxylic acids is 2. The van der Waals surface area contributed by atoms with Crippen LogP contribution in [0.15, 0.2) is 29.2 Å². The Morgan fingerprint density at radius 3 is 1.96 bits per heavy atom. The van der Waals surface area contributed by atoms with E-state index in [1.165, 1.54) is 12.1 Å². The van der Waals surface area contributed by atoms with Gasteiger partial charge >= 0.3 is 0 Å². The Hall–Kier alpha value is -1.89. The molecule has 1 heterocycles. The Bertz CT molecular complexity index is 703. The van der Waals surface area contributed by atoms with Crippen LogP contribution in [-0.2, 0) is 25.8 Å². The van der Waals surface area contributed by atoms with Gasteiger partial charge in [-0.05, 0) is 17.7 Å². The fourth-order valence-electron chi connectivity index (χ4n) is 2.68. The summed E-state index contributed by atoms with van der Waals surface area (Å²) < 4.78 is 22.9. The fourth-order valence-corrected chi connectivity index (χ4v) is 3.31. The van der Waals surface area contributed by atoms with Crippen LogP contribution in [0.3, 0.4) is 0 Å². The smallest absolute Gasteiger partial charge is 0.227 e. The minimum atomic E-state index is -3.22. The predicted molar refractivity (Wildman–Crippen MR) is 91.3 cm³/mol. The molecule has 0 spiro atoms. The van der Waals surface area contributed by atoms with Crippen molar-refractivity contribution in [2.45, 2.75) is 25.2 Å². The monoisotopic (exact) mass is 352 g/mol. The summed E-state index contributed by atoms with van der Waals surface area (Å²) in [6.45, 7) is 5.96. The first-order valence-electron chi connectivity index (χ1n) is 8.04. The number of rotatable bonds is 4. The Kier molecular flexibility index (Phi) is 5.64. The van der Waals surface area contributed by atoms with Crippen molar-refractivity contribution in [3.8, 4) is 0 Å². The van der Waals surface area contributed by atoms with Crippen LogP contribution < -0.4 is 0 Å². The van der Waals surface area contributed by atoms with Gasteiger partial charge in [-0.2, -0.15) is 0 Å². The molecule has 0 bridgehead atoms. The molecule has 24 heavy (non-hydrogen) atoms. The van der Waals surface area contributed by atoms with Crippen LogP contribution in [0.5, 0.6) is 0 Å². The van der Waals surface area contributed by atoms with Crippen LogP contribution in [0.25, 0.3) is 0 Å². The highest BCUT2D eigenvalue weighted by Gasteiger charge is 2.25. The highest BCUT2D eigenvalue weighted by atomic mass is 32.2. The molecular weight excluding hydrogens is 328 g/mol. The van der Waals surface area contributed by atoms with Crippen molar-refractivity contribution in [2.75, 3.05) is 32.4 Å². The second kappa shape index (κ2) is 7.34. The van der Waals surface area contributed by atoms with Crippen LogP contribution in [0, 0.1) is 5.92 Å². The van der Waals surface area contributed by atoms with Crippen molar-refractivity contribution < 1.29 is 18.0 Å². The second-order valence-electron chi connectivity index (χ2n) is 6.45. The van der Waals surface area contributed by atoms with Crippen LogP contribution in [0.1, 0.15) is 19.4 Å². The van der Waals surface area contributed by atoms with Gasteiger partial charge in [0.2, 0.25) is 11.8 Å². The summed E-state index contributed by atoms with van der Waals surface area (Å²) in [5.74, 6) is 0.0952. The highest BCUT2D eigenvalue weighted by molar-refractivity contribution is 7.90. The van der Waals surface area contributed by atoms with Gasteiger partial charge in [-0.3, -0.25) is 9.59 Å². The lowest BCUT2D eigenvalue weighted by molar-refractivity contribution is -0.141. The number of hydrogen-bond acceptors (Lipinski definition) is 4. The van der Waals surface area contributed by atoms with Gasteiger partial charge in [-0.25, -0.2) is 8.42 Å². The summed E-state index contributed by atoms with van der Waals surface area (Å²) in [7, 11) is -3.22. The van der Waals surface area contributed by atoms with Crippen molar-refractivity contribution in [2.24, 2.45) is 5.92 Å². The van der Waals surface area contributed by atoms with Gasteiger partial charge in [0.1, 0.15) is 0 Å². The maximum absolute atomic E-state index is 12.4. The van der Waals surface area contributed by atoms with Crippen LogP contribution in [0.4, 0.5) is 0 Å². The molecule has 0 aromatic heterocycles. The summed E-state index contributed by atoms with van der Waals surface area (Å²) >= 11 is 0. The normalized spacial score (nSPS) is 15.7. The summed E-state index contributed by atoms with van der Waals surface area (Å²) in [5.41, 5.74) is 0.785.